The molecule has 0 aliphatic heterocycles. The standard InChI is InChI=1S/C15H15BrFNO/c1-9-3-5-12(10(2)18-9)15(19)8-11-4-6-14(17)13(16)7-11/h3-7,15,19H,8H2,1-2H3. The van der Waals surface area contributed by atoms with Crippen LogP contribution in [-0.2, 0) is 6.42 Å². The SMILES string of the molecule is Cc1ccc(C(O)Cc2ccc(F)c(Br)c2)c(C)n1. The average Bonchev–Trinajstić information content (AvgIpc) is 2.33. The first-order valence-electron chi connectivity index (χ1n) is 6.03. The highest BCUT2D eigenvalue weighted by Gasteiger charge is 2.13. The fourth-order valence-electron chi connectivity index (χ4n) is 2.05. The highest BCUT2D eigenvalue weighted by molar-refractivity contribution is 9.10. The molecular weight excluding hydrogens is 309 g/mol. The van der Waals surface area contributed by atoms with Gasteiger partial charge in [-0.3, -0.25) is 4.98 Å². The lowest BCUT2D eigenvalue weighted by molar-refractivity contribution is 0.177. The highest BCUT2D eigenvalue weighted by Crippen LogP contribution is 2.23. The number of halogens is 2. The van der Waals surface area contributed by atoms with Gasteiger partial charge in [0.25, 0.3) is 0 Å². The molecule has 4 heteroatoms. The van der Waals surface area contributed by atoms with Crippen molar-refractivity contribution in [2.75, 3.05) is 0 Å². The maximum atomic E-state index is 13.1. The van der Waals surface area contributed by atoms with E-state index in [9.17, 15) is 9.50 Å². The Kier molecular flexibility index (Phi) is 4.32. The van der Waals surface area contributed by atoms with E-state index in [1.807, 2.05) is 26.0 Å². The van der Waals surface area contributed by atoms with E-state index >= 15 is 0 Å². The molecule has 0 aliphatic carbocycles. The minimum Gasteiger partial charge on any atom is -0.388 e. The van der Waals surface area contributed by atoms with Crippen LogP contribution in [0.5, 0.6) is 0 Å². The molecule has 0 saturated heterocycles. The van der Waals surface area contributed by atoms with Gasteiger partial charge in [-0.1, -0.05) is 12.1 Å². The Labute approximate surface area is 120 Å². The maximum Gasteiger partial charge on any atom is 0.137 e. The monoisotopic (exact) mass is 323 g/mol. The average molecular weight is 324 g/mol. The first-order chi connectivity index (χ1) is 8.97. The number of aromatic nitrogens is 1. The van der Waals surface area contributed by atoms with Gasteiger partial charge in [0.1, 0.15) is 5.82 Å². The molecule has 1 unspecified atom stereocenters. The molecule has 2 nitrogen and oxygen atoms in total. The van der Waals surface area contributed by atoms with Crippen molar-refractivity contribution in [1.29, 1.82) is 0 Å². The van der Waals surface area contributed by atoms with Crippen LogP contribution in [0.15, 0.2) is 34.8 Å². The minimum absolute atomic E-state index is 0.300. The predicted molar refractivity (Wildman–Crippen MR) is 76.5 cm³/mol. The molecule has 19 heavy (non-hydrogen) atoms. The molecule has 1 atom stereocenters. The molecule has 1 N–H and O–H groups in total. The molecule has 1 aromatic heterocycles. The lowest BCUT2D eigenvalue weighted by atomic mass is 10.0. The van der Waals surface area contributed by atoms with Crippen LogP contribution in [0, 0.1) is 19.7 Å². The van der Waals surface area contributed by atoms with Gasteiger partial charge in [0.2, 0.25) is 0 Å². The first kappa shape index (κ1) is 14.2. The summed E-state index contributed by atoms with van der Waals surface area (Å²) in [5.41, 5.74) is 3.44. The summed E-state index contributed by atoms with van der Waals surface area (Å²) in [5, 5.41) is 10.3. The number of nitrogens with zero attached hydrogens (tertiary/aromatic N) is 1. The molecule has 0 aliphatic rings. The van der Waals surface area contributed by atoms with Crippen molar-refractivity contribution in [3.63, 3.8) is 0 Å². The fraction of sp³-hybridized carbons (Fsp3) is 0.267. The predicted octanol–water partition coefficient (Wildman–Crippen LogP) is 3.88. The summed E-state index contributed by atoms with van der Waals surface area (Å²) >= 11 is 3.15. The molecule has 0 radical (unpaired) electrons. The number of pyridine rings is 1. The lowest BCUT2D eigenvalue weighted by Gasteiger charge is -2.14. The van der Waals surface area contributed by atoms with Crippen LogP contribution in [0.4, 0.5) is 4.39 Å². The molecule has 1 aromatic carbocycles. The second-order valence-corrected chi connectivity index (χ2v) is 5.45. The summed E-state index contributed by atoms with van der Waals surface area (Å²) in [6.07, 6.45) is -0.199. The van der Waals surface area contributed by atoms with E-state index in [0.717, 1.165) is 22.5 Å². The Morgan fingerprint density at radius 2 is 2.00 bits per heavy atom. The summed E-state index contributed by atoms with van der Waals surface area (Å²) in [7, 11) is 0. The maximum absolute atomic E-state index is 13.1. The molecule has 0 spiro atoms. The summed E-state index contributed by atoms with van der Waals surface area (Å²) in [4.78, 5) is 4.34. The van der Waals surface area contributed by atoms with Gasteiger partial charge in [-0.05, 0) is 53.5 Å². The van der Waals surface area contributed by atoms with Crippen LogP contribution in [0.3, 0.4) is 0 Å². The number of aliphatic hydroxyl groups excluding tert-OH is 1. The summed E-state index contributed by atoms with van der Waals surface area (Å²) in [6.45, 7) is 3.80. The van der Waals surface area contributed by atoms with Crippen molar-refractivity contribution in [2.24, 2.45) is 0 Å². The van der Waals surface area contributed by atoms with Gasteiger partial charge < -0.3 is 5.11 Å². The van der Waals surface area contributed by atoms with Gasteiger partial charge in [0.15, 0.2) is 0 Å². The lowest BCUT2D eigenvalue weighted by Crippen LogP contribution is -2.06. The molecule has 0 amide bonds. The van der Waals surface area contributed by atoms with Crippen LogP contribution in [-0.4, -0.2) is 10.1 Å². The summed E-state index contributed by atoms with van der Waals surface area (Å²) in [5.74, 6) is -0.300. The highest BCUT2D eigenvalue weighted by atomic mass is 79.9. The van der Waals surface area contributed by atoms with Crippen LogP contribution in [0.2, 0.25) is 0 Å². The summed E-state index contributed by atoms with van der Waals surface area (Å²) < 4.78 is 13.6. The van der Waals surface area contributed by atoms with Crippen LogP contribution >= 0.6 is 15.9 Å². The number of benzene rings is 1. The van der Waals surface area contributed by atoms with Gasteiger partial charge >= 0.3 is 0 Å². The molecule has 2 aromatic rings. The van der Waals surface area contributed by atoms with Gasteiger partial charge in [-0.25, -0.2) is 4.39 Å². The fourth-order valence-corrected chi connectivity index (χ4v) is 2.48. The normalized spacial score (nSPS) is 12.5. The van der Waals surface area contributed by atoms with Crippen molar-refractivity contribution >= 4 is 15.9 Å². The third kappa shape index (κ3) is 3.39. The van der Waals surface area contributed by atoms with E-state index in [-0.39, 0.29) is 5.82 Å². The van der Waals surface area contributed by atoms with Gasteiger partial charge in [-0.15, -0.1) is 0 Å². The van der Waals surface area contributed by atoms with Crippen molar-refractivity contribution < 1.29 is 9.50 Å². The third-order valence-corrected chi connectivity index (χ3v) is 3.65. The molecule has 100 valence electrons. The Bertz CT molecular complexity index is 601. The van der Waals surface area contributed by atoms with E-state index in [2.05, 4.69) is 20.9 Å². The zero-order valence-corrected chi connectivity index (χ0v) is 12.4. The molecule has 0 saturated carbocycles. The second kappa shape index (κ2) is 5.80. The minimum atomic E-state index is -0.634. The van der Waals surface area contributed by atoms with E-state index in [1.54, 1.807) is 12.1 Å². The van der Waals surface area contributed by atoms with Crippen LogP contribution < -0.4 is 0 Å². The van der Waals surface area contributed by atoms with Crippen molar-refractivity contribution in [2.45, 2.75) is 26.4 Å². The van der Waals surface area contributed by atoms with Gasteiger partial charge in [-0.2, -0.15) is 0 Å². The Hall–Kier alpha value is -1.26. The Morgan fingerprint density at radius 1 is 1.26 bits per heavy atom. The molecule has 2 rings (SSSR count). The number of aliphatic hydroxyl groups is 1. The van der Waals surface area contributed by atoms with Crippen LogP contribution in [0.1, 0.15) is 28.6 Å². The number of hydrogen-bond acceptors (Lipinski definition) is 2. The molecule has 0 bridgehead atoms. The molecule has 1 heterocycles. The molecular formula is C15H15BrFNO. The molecule has 0 fully saturated rings. The van der Waals surface area contributed by atoms with E-state index in [0.29, 0.717) is 10.9 Å². The Balaban J connectivity index is 2.20. The van der Waals surface area contributed by atoms with Crippen molar-refractivity contribution in [3.05, 3.63) is 63.1 Å². The topological polar surface area (TPSA) is 33.1 Å². The first-order valence-corrected chi connectivity index (χ1v) is 6.83. The number of rotatable bonds is 3. The van der Waals surface area contributed by atoms with Gasteiger partial charge in [0.05, 0.1) is 10.6 Å². The zero-order chi connectivity index (χ0) is 14.0. The van der Waals surface area contributed by atoms with E-state index < -0.39 is 6.10 Å². The summed E-state index contributed by atoms with van der Waals surface area (Å²) in [6, 6.07) is 8.54. The van der Waals surface area contributed by atoms with Crippen molar-refractivity contribution in [3.8, 4) is 0 Å². The smallest absolute Gasteiger partial charge is 0.137 e. The van der Waals surface area contributed by atoms with Crippen molar-refractivity contribution in [1.82, 2.24) is 4.98 Å². The van der Waals surface area contributed by atoms with Crippen LogP contribution in [0.25, 0.3) is 0 Å². The van der Waals surface area contributed by atoms with E-state index in [1.165, 1.54) is 6.07 Å². The zero-order valence-electron chi connectivity index (χ0n) is 10.8. The second-order valence-electron chi connectivity index (χ2n) is 4.60. The van der Waals surface area contributed by atoms with E-state index in [4.69, 9.17) is 0 Å². The number of aryl methyl sites for hydroxylation is 2. The van der Waals surface area contributed by atoms with Gasteiger partial charge in [0, 0.05) is 23.4 Å². The number of hydrogen-bond donors (Lipinski definition) is 1. The Morgan fingerprint density at radius 3 is 2.63 bits per heavy atom. The largest absolute Gasteiger partial charge is 0.388 e. The quantitative estimate of drug-likeness (QED) is 0.929. The third-order valence-electron chi connectivity index (χ3n) is 3.04.